The van der Waals surface area contributed by atoms with Crippen LogP contribution in [0.2, 0.25) is 0 Å². The van der Waals surface area contributed by atoms with Crippen LogP contribution in [0.3, 0.4) is 0 Å². The fourth-order valence-electron chi connectivity index (χ4n) is 2.18. The molecule has 1 unspecified atom stereocenters. The molecule has 1 N–H and O–H groups in total. The lowest BCUT2D eigenvalue weighted by atomic mass is 10.2. The maximum absolute atomic E-state index is 12.4. The smallest absolute Gasteiger partial charge is 0.413 e. The second kappa shape index (κ2) is 12.7. The molecule has 0 bridgehead atoms. The third kappa shape index (κ3) is 8.34. The molecule has 0 aliphatic rings. The molecule has 1 rings (SSSR count). The number of amides is 1. The van der Waals surface area contributed by atoms with E-state index in [1.165, 1.54) is 24.3 Å². The van der Waals surface area contributed by atoms with E-state index in [1.54, 1.807) is 6.92 Å². The number of benzene rings is 1. The summed E-state index contributed by atoms with van der Waals surface area (Å²) in [5.74, 6) is -0.487. The van der Waals surface area contributed by atoms with E-state index in [0.717, 1.165) is 25.7 Å². The lowest BCUT2D eigenvalue weighted by Gasteiger charge is -2.23. The number of hydrogen-bond acceptors (Lipinski definition) is 7. The van der Waals surface area contributed by atoms with Crippen LogP contribution in [0.1, 0.15) is 46.5 Å². The van der Waals surface area contributed by atoms with Crippen molar-refractivity contribution in [2.45, 2.75) is 58.6 Å². The van der Waals surface area contributed by atoms with E-state index in [0.29, 0.717) is 6.61 Å². The molecule has 0 radical (unpaired) electrons. The molecule has 1 aromatic carbocycles. The standard InChI is InChI=1S/C19H28N2O7/c1-4-6-12-26-14(3)17(18(22)27-13-7-5-2)20-19(23)28-16-10-8-15(9-11-16)21(24)25/h8-11,14,17H,4-7,12-13H2,1-3H3,(H,20,23)/t14?,17-/m0/s1. The van der Waals surface area contributed by atoms with Gasteiger partial charge in [-0.25, -0.2) is 9.59 Å². The summed E-state index contributed by atoms with van der Waals surface area (Å²) < 4.78 is 15.9. The van der Waals surface area contributed by atoms with Gasteiger partial charge >= 0.3 is 12.1 Å². The van der Waals surface area contributed by atoms with Gasteiger partial charge in [-0.15, -0.1) is 0 Å². The van der Waals surface area contributed by atoms with Gasteiger partial charge in [-0.1, -0.05) is 26.7 Å². The molecule has 0 spiro atoms. The molecule has 0 aliphatic heterocycles. The molecular weight excluding hydrogens is 368 g/mol. The largest absolute Gasteiger partial charge is 0.464 e. The Labute approximate surface area is 164 Å². The second-order valence-electron chi connectivity index (χ2n) is 6.21. The van der Waals surface area contributed by atoms with Crippen molar-refractivity contribution in [3.8, 4) is 5.75 Å². The van der Waals surface area contributed by atoms with Gasteiger partial charge in [-0.2, -0.15) is 0 Å². The minimum Gasteiger partial charge on any atom is -0.464 e. The first-order valence-corrected chi connectivity index (χ1v) is 9.40. The zero-order chi connectivity index (χ0) is 20.9. The van der Waals surface area contributed by atoms with Crippen molar-refractivity contribution in [3.05, 3.63) is 34.4 Å². The Kier molecular flexibility index (Phi) is 10.6. The molecule has 0 saturated heterocycles. The summed E-state index contributed by atoms with van der Waals surface area (Å²) in [5.41, 5.74) is -0.122. The summed E-state index contributed by atoms with van der Waals surface area (Å²) in [6.07, 6.45) is 1.87. The Morgan fingerprint density at radius 1 is 1.11 bits per heavy atom. The third-order valence-corrected chi connectivity index (χ3v) is 3.88. The molecule has 156 valence electrons. The van der Waals surface area contributed by atoms with Crippen molar-refractivity contribution >= 4 is 17.7 Å². The molecule has 0 aromatic heterocycles. The molecular formula is C19H28N2O7. The van der Waals surface area contributed by atoms with Crippen LogP contribution in [0.4, 0.5) is 10.5 Å². The number of non-ortho nitro benzene ring substituents is 1. The van der Waals surface area contributed by atoms with Crippen LogP contribution in [-0.4, -0.2) is 42.3 Å². The average molecular weight is 396 g/mol. The number of nitrogens with one attached hydrogen (secondary N) is 1. The van der Waals surface area contributed by atoms with Gasteiger partial charge in [0.2, 0.25) is 0 Å². The number of hydrogen-bond donors (Lipinski definition) is 1. The molecule has 0 aliphatic carbocycles. The summed E-state index contributed by atoms with van der Waals surface area (Å²) in [7, 11) is 0. The predicted octanol–water partition coefficient (Wildman–Crippen LogP) is 3.60. The van der Waals surface area contributed by atoms with Crippen molar-refractivity contribution in [1.29, 1.82) is 0 Å². The van der Waals surface area contributed by atoms with Crippen molar-refractivity contribution < 1.29 is 28.7 Å². The van der Waals surface area contributed by atoms with E-state index in [1.807, 2.05) is 13.8 Å². The number of carbonyl (C=O) groups excluding carboxylic acids is 2. The first kappa shape index (κ1) is 23.4. The van der Waals surface area contributed by atoms with E-state index >= 15 is 0 Å². The Morgan fingerprint density at radius 3 is 2.29 bits per heavy atom. The van der Waals surface area contributed by atoms with Gasteiger partial charge in [0.05, 0.1) is 17.6 Å². The molecule has 1 amide bonds. The number of rotatable bonds is 12. The zero-order valence-corrected chi connectivity index (χ0v) is 16.5. The maximum Gasteiger partial charge on any atom is 0.413 e. The topological polar surface area (TPSA) is 117 Å². The lowest BCUT2D eigenvalue weighted by molar-refractivity contribution is -0.384. The summed E-state index contributed by atoms with van der Waals surface area (Å²) in [6, 6.07) is 4.01. The van der Waals surface area contributed by atoms with Gasteiger partial charge in [0.1, 0.15) is 5.75 Å². The number of carbonyl (C=O) groups is 2. The Hall–Kier alpha value is -2.68. The normalized spacial score (nSPS) is 12.7. The summed E-state index contributed by atoms with van der Waals surface area (Å²) in [4.78, 5) is 34.6. The maximum atomic E-state index is 12.4. The highest BCUT2D eigenvalue weighted by Gasteiger charge is 2.30. The van der Waals surface area contributed by atoms with Crippen molar-refractivity contribution in [1.82, 2.24) is 5.32 Å². The van der Waals surface area contributed by atoms with Gasteiger partial charge in [0.25, 0.3) is 5.69 Å². The van der Waals surface area contributed by atoms with E-state index in [4.69, 9.17) is 14.2 Å². The SMILES string of the molecule is CCCCOC(=O)[C@@H](NC(=O)Oc1ccc([N+](=O)[O-])cc1)C(C)OCCCC. The molecule has 0 saturated carbocycles. The monoisotopic (exact) mass is 396 g/mol. The minimum atomic E-state index is -1.03. The van der Waals surface area contributed by atoms with Crippen LogP contribution in [0.15, 0.2) is 24.3 Å². The van der Waals surface area contributed by atoms with Gasteiger partial charge in [0.15, 0.2) is 6.04 Å². The number of esters is 1. The highest BCUT2D eigenvalue weighted by Crippen LogP contribution is 2.17. The van der Waals surface area contributed by atoms with Crippen molar-refractivity contribution in [2.75, 3.05) is 13.2 Å². The van der Waals surface area contributed by atoms with Crippen LogP contribution in [0.5, 0.6) is 5.75 Å². The quantitative estimate of drug-likeness (QED) is 0.248. The van der Waals surface area contributed by atoms with E-state index < -0.39 is 29.1 Å². The van der Waals surface area contributed by atoms with E-state index in [9.17, 15) is 19.7 Å². The highest BCUT2D eigenvalue weighted by atomic mass is 16.6. The number of nitrogens with zero attached hydrogens (tertiary/aromatic N) is 1. The average Bonchev–Trinajstić information content (AvgIpc) is 2.66. The van der Waals surface area contributed by atoms with E-state index in [2.05, 4.69) is 5.32 Å². The number of ether oxygens (including phenoxy) is 3. The van der Waals surface area contributed by atoms with Crippen LogP contribution < -0.4 is 10.1 Å². The molecule has 1 aromatic rings. The first-order chi connectivity index (χ1) is 13.4. The minimum absolute atomic E-state index is 0.112. The first-order valence-electron chi connectivity index (χ1n) is 9.40. The van der Waals surface area contributed by atoms with Gasteiger partial charge in [-0.3, -0.25) is 10.1 Å². The van der Waals surface area contributed by atoms with Crippen LogP contribution in [-0.2, 0) is 14.3 Å². The Balaban J connectivity index is 2.72. The summed E-state index contributed by atoms with van der Waals surface area (Å²) in [6.45, 7) is 6.38. The summed E-state index contributed by atoms with van der Waals surface area (Å²) in [5, 5.41) is 13.1. The zero-order valence-electron chi connectivity index (χ0n) is 16.5. The lowest BCUT2D eigenvalue weighted by Crippen LogP contribution is -2.50. The summed E-state index contributed by atoms with van der Waals surface area (Å²) >= 11 is 0. The molecule has 2 atom stereocenters. The molecule has 9 nitrogen and oxygen atoms in total. The van der Waals surface area contributed by atoms with Crippen molar-refractivity contribution in [3.63, 3.8) is 0 Å². The van der Waals surface area contributed by atoms with Gasteiger partial charge < -0.3 is 19.5 Å². The van der Waals surface area contributed by atoms with Gasteiger partial charge in [0, 0.05) is 18.7 Å². The second-order valence-corrected chi connectivity index (χ2v) is 6.21. The number of nitro benzene ring substituents is 1. The van der Waals surface area contributed by atoms with Crippen LogP contribution in [0.25, 0.3) is 0 Å². The molecule has 0 heterocycles. The van der Waals surface area contributed by atoms with Crippen LogP contribution in [0, 0.1) is 10.1 Å². The Bertz CT molecular complexity index is 634. The molecule has 9 heteroatoms. The predicted molar refractivity (Wildman–Crippen MR) is 102 cm³/mol. The van der Waals surface area contributed by atoms with Gasteiger partial charge in [-0.05, 0) is 31.9 Å². The molecule has 28 heavy (non-hydrogen) atoms. The number of nitro groups is 1. The third-order valence-electron chi connectivity index (χ3n) is 3.88. The van der Waals surface area contributed by atoms with E-state index in [-0.39, 0.29) is 18.0 Å². The number of unbranched alkanes of at least 4 members (excludes halogenated alkanes) is 2. The fourth-order valence-corrected chi connectivity index (χ4v) is 2.18. The fraction of sp³-hybridized carbons (Fsp3) is 0.579. The van der Waals surface area contributed by atoms with Crippen LogP contribution >= 0.6 is 0 Å². The molecule has 0 fully saturated rings. The highest BCUT2D eigenvalue weighted by molar-refractivity contribution is 5.82. The Morgan fingerprint density at radius 2 is 1.71 bits per heavy atom. The van der Waals surface area contributed by atoms with Crippen molar-refractivity contribution in [2.24, 2.45) is 0 Å².